The third kappa shape index (κ3) is 4.30. The Labute approximate surface area is 122 Å². The average molecular weight is 298 g/mol. The maximum absolute atomic E-state index is 13.8. The maximum atomic E-state index is 13.8. The number of nitrogens with one attached hydrogen (secondary N) is 1. The van der Waals surface area contributed by atoms with Crippen LogP contribution in [0.25, 0.3) is 0 Å². The van der Waals surface area contributed by atoms with Crippen molar-refractivity contribution in [2.75, 3.05) is 6.54 Å². The van der Waals surface area contributed by atoms with Gasteiger partial charge in [0.15, 0.2) is 0 Å². The topological polar surface area (TPSA) is 12.0 Å². The van der Waals surface area contributed by atoms with Crippen molar-refractivity contribution >= 4 is 22.9 Å². The van der Waals surface area contributed by atoms with E-state index < -0.39 is 0 Å². The lowest BCUT2D eigenvalue weighted by Crippen LogP contribution is -2.33. The van der Waals surface area contributed by atoms with Gasteiger partial charge < -0.3 is 5.32 Å². The fraction of sp³-hybridized carbons (Fsp3) is 0.333. The Balaban J connectivity index is 2.07. The van der Waals surface area contributed by atoms with Gasteiger partial charge in [-0.3, -0.25) is 0 Å². The number of benzene rings is 1. The summed E-state index contributed by atoms with van der Waals surface area (Å²) in [4.78, 5) is 0. The second-order valence-corrected chi connectivity index (χ2v) is 5.75. The van der Waals surface area contributed by atoms with Gasteiger partial charge in [-0.2, -0.15) is 11.3 Å². The van der Waals surface area contributed by atoms with Crippen molar-refractivity contribution in [1.29, 1.82) is 0 Å². The molecule has 1 unspecified atom stereocenters. The van der Waals surface area contributed by atoms with Gasteiger partial charge >= 0.3 is 0 Å². The first-order valence-corrected chi connectivity index (χ1v) is 7.69. The van der Waals surface area contributed by atoms with Crippen LogP contribution >= 0.6 is 22.9 Å². The lowest BCUT2D eigenvalue weighted by Gasteiger charge is -2.18. The number of hydrogen-bond donors (Lipinski definition) is 1. The number of halogens is 2. The highest BCUT2D eigenvalue weighted by molar-refractivity contribution is 7.07. The summed E-state index contributed by atoms with van der Waals surface area (Å²) < 4.78 is 13.8. The first-order chi connectivity index (χ1) is 9.19. The van der Waals surface area contributed by atoms with Crippen LogP contribution in [-0.4, -0.2) is 12.6 Å². The molecule has 1 aromatic heterocycles. The van der Waals surface area contributed by atoms with Crippen LogP contribution in [0.2, 0.25) is 5.02 Å². The Morgan fingerprint density at radius 2 is 2.16 bits per heavy atom. The standard InChI is InChI=1S/C15H17ClFNS/c1-2-18-14(7-11-5-6-19-10-11)8-12-3-4-13(16)9-15(12)17/h3-6,9-10,14,18H,2,7-8H2,1H3. The van der Waals surface area contributed by atoms with Crippen LogP contribution in [0, 0.1) is 5.82 Å². The van der Waals surface area contributed by atoms with Gasteiger partial charge in [-0.25, -0.2) is 4.39 Å². The van der Waals surface area contributed by atoms with Crippen LogP contribution in [0.1, 0.15) is 18.1 Å². The highest BCUT2D eigenvalue weighted by Gasteiger charge is 2.12. The highest BCUT2D eigenvalue weighted by atomic mass is 35.5. The Hall–Kier alpha value is -0.900. The van der Waals surface area contributed by atoms with Crippen molar-refractivity contribution in [3.63, 3.8) is 0 Å². The molecule has 102 valence electrons. The molecule has 1 heterocycles. The van der Waals surface area contributed by atoms with Crippen LogP contribution in [-0.2, 0) is 12.8 Å². The zero-order valence-corrected chi connectivity index (χ0v) is 12.4. The summed E-state index contributed by atoms with van der Waals surface area (Å²) in [5.41, 5.74) is 2.01. The first kappa shape index (κ1) is 14.5. The fourth-order valence-corrected chi connectivity index (χ4v) is 2.99. The predicted octanol–water partition coefficient (Wildman–Crippen LogP) is 4.30. The van der Waals surface area contributed by atoms with Crippen LogP contribution in [0.3, 0.4) is 0 Å². The molecule has 0 fully saturated rings. The van der Waals surface area contributed by atoms with E-state index in [4.69, 9.17) is 11.6 Å². The van der Waals surface area contributed by atoms with E-state index in [-0.39, 0.29) is 11.9 Å². The molecule has 1 nitrogen and oxygen atoms in total. The molecule has 2 aromatic rings. The second-order valence-electron chi connectivity index (χ2n) is 4.53. The summed E-state index contributed by atoms with van der Waals surface area (Å²) in [6.45, 7) is 2.95. The SMILES string of the molecule is CCNC(Cc1ccsc1)Cc1ccc(Cl)cc1F. The minimum Gasteiger partial charge on any atom is -0.314 e. The first-order valence-electron chi connectivity index (χ1n) is 6.37. The summed E-state index contributed by atoms with van der Waals surface area (Å²) in [5.74, 6) is -0.222. The molecule has 2 rings (SSSR count). The summed E-state index contributed by atoms with van der Waals surface area (Å²) in [7, 11) is 0. The van der Waals surface area contributed by atoms with E-state index in [2.05, 4.69) is 29.1 Å². The largest absolute Gasteiger partial charge is 0.314 e. The molecule has 0 radical (unpaired) electrons. The summed E-state index contributed by atoms with van der Waals surface area (Å²) >= 11 is 7.47. The molecule has 0 saturated carbocycles. The van der Waals surface area contributed by atoms with Crippen LogP contribution in [0.15, 0.2) is 35.0 Å². The third-order valence-corrected chi connectivity index (χ3v) is 4.00. The van der Waals surface area contributed by atoms with Gasteiger partial charge in [0.2, 0.25) is 0 Å². The van der Waals surface area contributed by atoms with Crippen molar-refractivity contribution in [3.05, 3.63) is 57.0 Å². The molecular formula is C15H17ClFNS. The van der Waals surface area contributed by atoms with E-state index in [1.165, 1.54) is 11.6 Å². The predicted molar refractivity (Wildman–Crippen MR) is 80.6 cm³/mol. The van der Waals surface area contributed by atoms with Gasteiger partial charge in [0.25, 0.3) is 0 Å². The quantitative estimate of drug-likeness (QED) is 0.838. The molecule has 1 atom stereocenters. The molecule has 19 heavy (non-hydrogen) atoms. The lowest BCUT2D eigenvalue weighted by atomic mass is 10.00. The molecule has 0 aliphatic rings. The number of thiophene rings is 1. The van der Waals surface area contributed by atoms with Gasteiger partial charge in [-0.1, -0.05) is 24.6 Å². The third-order valence-electron chi connectivity index (χ3n) is 3.04. The van der Waals surface area contributed by atoms with Crippen LogP contribution in [0.4, 0.5) is 4.39 Å². The monoisotopic (exact) mass is 297 g/mol. The maximum Gasteiger partial charge on any atom is 0.127 e. The molecule has 1 N–H and O–H groups in total. The van der Waals surface area contributed by atoms with E-state index in [0.29, 0.717) is 17.0 Å². The molecule has 4 heteroatoms. The van der Waals surface area contributed by atoms with Crippen molar-refractivity contribution in [2.24, 2.45) is 0 Å². The molecule has 0 aliphatic carbocycles. The van der Waals surface area contributed by atoms with Gasteiger partial charge in [0.1, 0.15) is 5.82 Å². The van der Waals surface area contributed by atoms with E-state index >= 15 is 0 Å². The van der Waals surface area contributed by atoms with Crippen LogP contribution in [0.5, 0.6) is 0 Å². The Morgan fingerprint density at radius 1 is 1.32 bits per heavy atom. The van der Waals surface area contributed by atoms with Gasteiger partial charge in [-0.05, 0) is 59.5 Å². The summed E-state index contributed by atoms with van der Waals surface area (Å²) in [6, 6.07) is 7.26. The number of likely N-dealkylation sites (N-methyl/N-ethyl adjacent to an activating group) is 1. The van der Waals surface area contributed by atoms with Crippen molar-refractivity contribution in [1.82, 2.24) is 5.32 Å². The van der Waals surface area contributed by atoms with Gasteiger partial charge in [-0.15, -0.1) is 0 Å². The highest BCUT2D eigenvalue weighted by Crippen LogP contribution is 2.18. The number of hydrogen-bond acceptors (Lipinski definition) is 2. The van der Waals surface area contributed by atoms with Crippen molar-refractivity contribution in [2.45, 2.75) is 25.8 Å². The van der Waals surface area contributed by atoms with E-state index in [1.807, 2.05) is 0 Å². The van der Waals surface area contributed by atoms with Crippen molar-refractivity contribution in [3.8, 4) is 0 Å². The molecule has 0 aliphatic heterocycles. The molecule has 1 aromatic carbocycles. The van der Waals surface area contributed by atoms with Gasteiger partial charge in [0, 0.05) is 11.1 Å². The second kappa shape index (κ2) is 7.04. The molecular weight excluding hydrogens is 281 g/mol. The van der Waals surface area contributed by atoms with Gasteiger partial charge in [0.05, 0.1) is 0 Å². The molecule has 0 spiro atoms. The van der Waals surface area contributed by atoms with E-state index in [0.717, 1.165) is 13.0 Å². The minimum atomic E-state index is -0.222. The summed E-state index contributed by atoms with van der Waals surface area (Å²) in [5, 5.41) is 8.07. The molecule has 0 bridgehead atoms. The van der Waals surface area contributed by atoms with E-state index in [1.54, 1.807) is 23.5 Å². The molecule has 0 amide bonds. The minimum absolute atomic E-state index is 0.222. The normalized spacial score (nSPS) is 12.6. The van der Waals surface area contributed by atoms with Crippen LogP contribution < -0.4 is 5.32 Å². The molecule has 0 saturated heterocycles. The zero-order chi connectivity index (χ0) is 13.7. The lowest BCUT2D eigenvalue weighted by molar-refractivity contribution is 0.506. The zero-order valence-electron chi connectivity index (χ0n) is 10.8. The van der Waals surface area contributed by atoms with E-state index in [9.17, 15) is 4.39 Å². The Kier molecular flexibility index (Phi) is 5.37. The average Bonchev–Trinajstić information content (AvgIpc) is 2.86. The Bertz CT molecular complexity index is 513. The Morgan fingerprint density at radius 3 is 2.79 bits per heavy atom. The fourth-order valence-electron chi connectivity index (χ4n) is 2.15. The summed E-state index contributed by atoms with van der Waals surface area (Å²) in [6.07, 6.45) is 1.59. The van der Waals surface area contributed by atoms with Crippen molar-refractivity contribution < 1.29 is 4.39 Å². The smallest absolute Gasteiger partial charge is 0.127 e. The number of rotatable bonds is 6.